The van der Waals surface area contributed by atoms with Gasteiger partial charge >= 0.3 is 0 Å². The Bertz CT molecular complexity index is 428. The van der Waals surface area contributed by atoms with Crippen LogP contribution in [0.4, 0.5) is 0 Å². The van der Waals surface area contributed by atoms with Crippen LogP contribution in [0.5, 0.6) is 5.75 Å². The van der Waals surface area contributed by atoms with Gasteiger partial charge in [-0.15, -0.1) is 0 Å². The number of benzene rings is 1. The number of ether oxygens (including phenoxy) is 1. The fourth-order valence-electron chi connectivity index (χ4n) is 2.58. The summed E-state index contributed by atoms with van der Waals surface area (Å²) in [6.07, 6.45) is 3.84. The Kier molecular flexibility index (Phi) is 5.87. The third kappa shape index (κ3) is 4.23. The second-order valence-corrected chi connectivity index (χ2v) is 5.15. The van der Waals surface area contributed by atoms with Crippen molar-refractivity contribution in [1.29, 1.82) is 0 Å². The van der Waals surface area contributed by atoms with Crippen LogP contribution in [0.25, 0.3) is 0 Å². The maximum absolute atomic E-state index is 11.8. The van der Waals surface area contributed by atoms with Crippen molar-refractivity contribution in [3.63, 3.8) is 0 Å². The third-order valence-electron chi connectivity index (χ3n) is 3.74. The summed E-state index contributed by atoms with van der Waals surface area (Å²) in [5, 5.41) is 3.34. The predicted molar refractivity (Wildman–Crippen MR) is 80.0 cm³/mol. The van der Waals surface area contributed by atoms with Gasteiger partial charge in [-0.3, -0.25) is 4.79 Å². The molecule has 4 heteroatoms. The lowest BCUT2D eigenvalue weighted by Gasteiger charge is -2.15. The molecule has 1 N–H and O–H groups in total. The van der Waals surface area contributed by atoms with E-state index < -0.39 is 0 Å². The largest absolute Gasteiger partial charge is 0.496 e. The Morgan fingerprint density at radius 1 is 1.25 bits per heavy atom. The number of amides is 1. The monoisotopic (exact) mass is 276 g/mol. The SMILES string of the molecule is COc1ccccc1CCNCCC(=O)N1CCCC1. The zero-order chi connectivity index (χ0) is 14.2. The molecule has 20 heavy (non-hydrogen) atoms. The Balaban J connectivity index is 1.62. The smallest absolute Gasteiger partial charge is 0.223 e. The van der Waals surface area contributed by atoms with E-state index in [4.69, 9.17) is 4.74 Å². The van der Waals surface area contributed by atoms with Crippen LogP contribution >= 0.6 is 0 Å². The molecular formula is C16H24N2O2. The Labute approximate surface area is 121 Å². The van der Waals surface area contributed by atoms with Crippen LogP contribution in [0, 0.1) is 0 Å². The molecule has 1 heterocycles. The maximum atomic E-state index is 11.8. The molecule has 0 spiro atoms. The molecule has 4 nitrogen and oxygen atoms in total. The summed E-state index contributed by atoms with van der Waals surface area (Å²) in [7, 11) is 1.70. The van der Waals surface area contributed by atoms with Crippen molar-refractivity contribution in [3.05, 3.63) is 29.8 Å². The predicted octanol–water partition coefficient (Wildman–Crippen LogP) is 1.84. The molecule has 1 aliphatic heterocycles. The van der Waals surface area contributed by atoms with Crippen LogP contribution in [-0.4, -0.2) is 44.1 Å². The summed E-state index contributed by atoms with van der Waals surface area (Å²) in [4.78, 5) is 13.8. The molecule has 1 aromatic rings. The van der Waals surface area contributed by atoms with E-state index in [1.54, 1.807) is 7.11 Å². The minimum Gasteiger partial charge on any atom is -0.496 e. The first-order valence-corrected chi connectivity index (χ1v) is 7.41. The Morgan fingerprint density at radius 3 is 2.75 bits per heavy atom. The van der Waals surface area contributed by atoms with Crippen molar-refractivity contribution < 1.29 is 9.53 Å². The minimum atomic E-state index is 0.285. The van der Waals surface area contributed by atoms with E-state index in [9.17, 15) is 4.79 Å². The Hall–Kier alpha value is -1.55. The molecule has 110 valence electrons. The molecule has 0 bridgehead atoms. The van der Waals surface area contributed by atoms with Crippen LogP contribution < -0.4 is 10.1 Å². The summed E-state index contributed by atoms with van der Waals surface area (Å²) in [6.45, 7) is 3.51. The standard InChI is InChI=1S/C16H24N2O2/c1-20-15-7-3-2-6-14(15)8-10-17-11-9-16(19)18-12-4-5-13-18/h2-3,6-7,17H,4-5,8-13H2,1H3. The lowest BCUT2D eigenvalue weighted by atomic mass is 10.1. The molecule has 1 aromatic carbocycles. The Morgan fingerprint density at radius 2 is 2.00 bits per heavy atom. The number of likely N-dealkylation sites (tertiary alicyclic amines) is 1. The van der Waals surface area contributed by atoms with E-state index in [2.05, 4.69) is 11.4 Å². The highest BCUT2D eigenvalue weighted by Gasteiger charge is 2.16. The van der Waals surface area contributed by atoms with E-state index in [1.807, 2.05) is 23.1 Å². The van der Waals surface area contributed by atoms with Gasteiger partial charge in [0.15, 0.2) is 0 Å². The normalized spacial score (nSPS) is 14.6. The van der Waals surface area contributed by atoms with Crippen LogP contribution in [0.2, 0.25) is 0 Å². The number of nitrogens with one attached hydrogen (secondary N) is 1. The van der Waals surface area contributed by atoms with Crippen molar-refractivity contribution in [3.8, 4) is 5.75 Å². The maximum Gasteiger partial charge on any atom is 0.223 e. The third-order valence-corrected chi connectivity index (χ3v) is 3.74. The quantitative estimate of drug-likeness (QED) is 0.773. The number of carbonyl (C=O) groups is 1. The van der Waals surface area contributed by atoms with Crippen molar-refractivity contribution in [1.82, 2.24) is 10.2 Å². The molecule has 2 rings (SSSR count). The second kappa shape index (κ2) is 7.90. The van der Waals surface area contributed by atoms with E-state index >= 15 is 0 Å². The molecule has 1 saturated heterocycles. The van der Waals surface area contributed by atoms with E-state index in [0.29, 0.717) is 6.42 Å². The van der Waals surface area contributed by atoms with Crippen LogP contribution in [-0.2, 0) is 11.2 Å². The summed E-state index contributed by atoms with van der Waals surface area (Å²) in [5.74, 6) is 1.22. The minimum absolute atomic E-state index is 0.285. The van der Waals surface area contributed by atoms with Crippen LogP contribution in [0.3, 0.4) is 0 Å². The zero-order valence-corrected chi connectivity index (χ0v) is 12.2. The summed E-state index contributed by atoms with van der Waals surface area (Å²) < 4.78 is 5.32. The van der Waals surface area contributed by atoms with Crippen molar-refractivity contribution in [2.24, 2.45) is 0 Å². The van der Waals surface area contributed by atoms with E-state index in [1.165, 1.54) is 5.56 Å². The first-order chi connectivity index (χ1) is 9.81. The first kappa shape index (κ1) is 14.9. The molecule has 1 amide bonds. The van der Waals surface area contributed by atoms with Gasteiger partial charge in [-0.2, -0.15) is 0 Å². The molecule has 1 fully saturated rings. The molecule has 0 aliphatic carbocycles. The topological polar surface area (TPSA) is 41.6 Å². The van der Waals surface area contributed by atoms with E-state index in [-0.39, 0.29) is 5.91 Å². The highest BCUT2D eigenvalue weighted by Crippen LogP contribution is 2.17. The number of rotatable bonds is 7. The molecule has 0 atom stereocenters. The summed E-state index contributed by atoms with van der Waals surface area (Å²) in [6, 6.07) is 8.06. The zero-order valence-electron chi connectivity index (χ0n) is 12.2. The van der Waals surface area contributed by atoms with Crippen molar-refractivity contribution in [2.45, 2.75) is 25.7 Å². The number of hydrogen-bond acceptors (Lipinski definition) is 3. The number of nitrogens with zero attached hydrogens (tertiary/aromatic N) is 1. The number of hydrogen-bond donors (Lipinski definition) is 1. The van der Waals surface area contributed by atoms with Crippen molar-refractivity contribution >= 4 is 5.91 Å². The highest BCUT2D eigenvalue weighted by atomic mass is 16.5. The van der Waals surface area contributed by atoms with Crippen molar-refractivity contribution in [2.75, 3.05) is 33.3 Å². The average molecular weight is 276 g/mol. The molecule has 0 aromatic heterocycles. The highest BCUT2D eigenvalue weighted by molar-refractivity contribution is 5.76. The van der Waals surface area contributed by atoms with Gasteiger partial charge in [-0.05, 0) is 37.4 Å². The van der Waals surface area contributed by atoms with Gasteiger partial charge in [0.05, 0.1) is 7.11 Å². The van der Waals surface area contributed by atoms with Gasteiger partial charge in [-0.25, -0.2) is 0 Å². The fraction of sp³-hybridized carbons (Fsp3) is 0.562. The van der Waals surface area contributed by atoms with Crippen LogP contribution in [0.15, 0.2) is 24.3 Å². The van der Waals surface area contributed by atoms with Gasteiger partial charge in [0.25, 0.3) is 0 Å². The lowest BCUT2D eigenvalue weighted by Crippen LogP contribution is -2.31. The lowest BCUT2D eigenvalue weighted by molar-refractivity contribution is -0.130. The number of para-hydroxylation sites is 1. The van der Waals surface area contributed by atoms with Crippen LogP contribution in [0.1, 0.15) is 24.8 Å². The van der Waals surface area contributed by atoms with Gasteiger partial charge in [0, 0.05) is 26.1 Å². The molecule has 1 aliphatic rings. The molecular weight excluding hydrogens is 252 g/mol. The average Bonchev–Trinajstić information content (AvgIpc) is 3.01. The first-order valence-electron chi connectivity index (χ1n) is 7.41. The fourth-order valence-corrected chi connectivity index (χ4v) is 2.58. The number of methoxy groups -OCH3 is 1. The van der Waals surface area contributed by atoms with Gasteiger partial charge in [-0.1, -0.05) is 18.2 Å². The van der Waals surface area contributed by atoms with E-state index in [0.717, 1.165) is 51.2 Å². The molecule has 0 unspecified atom stereocenters. The van der Waals surface area contributed by atoms with Gasteiger partial charge in [0.1, 0.15) is 5.75 Å². The van der Waals surface area contributed by atoms with Gasteiger partial charge < -0.3 is 15.0 Å². The number of carbonyl (C=O) groups excluding carboxylic acids is 1. The second-order valence-electron chi connectivity index (χ2n) is 5.15. The molecule has 0 radical (unpaired) electrons. The van der Waals surface area contributed by atoms with Gasteiger partial charge in [0.2, 0.25) is 5.91 Å². The molecule has 0 saturated carbocycles. The summed E-state index contributed by atoms with van der Waals surface area (Å²) in [5.41, 5.74) is 1.20. The summed E-state index contributed by atoms with van der Waals surface area (Å²) >= 11 is 0.